The maximum atomic E-state index is 12.4. The summed E-state index contributed by atoms with van der Waals surface area (Å²) in [6.45, 7) is 2.22. The van der Waals surface area contributed by atoms with Crippen LogP contribution in [0, 0.1) is 23.2 Å². The molecule has 1 atom stereocenters. The molecular formula is C20H27NO2. The quantitative estimate of drug-likeness (QED) is 0.891. The molecule has 5 rings (SSSR count). The predicted octanol–water partition coefficient (Wildman–Crippen LogP) is 3.66. The molecule has 4 aliphatic carbocycles. The summed E-state index contributed by atoms with van der Waals surface area (Å²) < 4.78 is 0. The summed E-state index contributed by atoms with van der Waals surface area (Å²) in [5.74, 6) is 3.10. The molecule has 3 nitrogen and oxygen atoms in total. The third-order valence-electron chi connectivity index (χ3n) is 6.68. The van der Waals surface area contributed by atoms with Crippen molar-refractivity contribution in [3.8, 4) is 5.75 Å². The molecule has 1 aromatic carbocycles. The summed E-state index contributed by atoms with van der Waals surface area (Å²) in [5, 5.41) is 12.6. The number of rotatable bonds is 4. The van der Waals surface area contributed by atoms with Gasteiger partial charge >= 0.3 is 0 Å². The van der Waals surface area contributed by atoms with Gasteiger partial charge in [0.25, 0.3) is 0 Å². The Bertz CT molecular complexity index is 557. The Balaban J connectivity index is 1.40. The molecule has 2 N–H and O–H groups in total. The second kappa shape index (κ2) is 5.54. The summed E-state index contributed by atoms with van der Waals surface area (Å²) in [6, 6.07) is 7.21. The van der Waals surface area contributed by atoms with Crippen molar-refractivity contribution in [2.24, 2.45) is 23.2 Å². The van der Waals surface area contributed by atoms with Gasteiger partial charge in [-0.25, -0.2) is 0 Å². The summed E-state index contributed by atoms with van der Waals surface area (Å²) in [7, 11) is 0. The molecule has 0 heterocycles. The van der Waals surface area contributed by atoms with Crippen molar-refractivity contribution in [1.29, 1.82) is 0 Å². The molecule has 124 valence electrons. The van der Waals surface area contributed by atoms with Crippen molar-refractivity contribution < 1.29 is 9.90 Å². The number of hydrogen-bond donors (Lipinski definition) is 2. The van der Waals surface area contributed by atoms with Gasteiger partial charge in [-0.3, -0.25) is 4.79 Å². The summed E-state index contributed by atoms with van der Waals surface area (Å²) in [6.07, 6.45) is 8.67. The molecule has 23 heavy (non-hydrogen) atoms. The zero-order chi connectivity index (χ0) is 16.0. The number of phenols is 1. The van der Waals surface area contributed by atoms with Crippen LogP contribution < -0.4 is 5.32 Å². The maximum Gasteiger partial charge on any atom is 0.224 e. The van der Waals surface area contributed by atoms with Crippen LogP contribution in [0.4, 0.5) is 0 Å². The van der Waals surface area contributed by atoms with E-state index in [2.05, 4.69) is 12.2 Å². The molecule has 0 saturated heterocycles. The summed E-state index contributed by atoms with van der Waals surface area (Å²) >= 11 is 0. The third kappa shape index (κ3) is 2.86. The van der Waals surface area contributed by atoms with Crippen molar-refractivity contribution >= 4 is 5.91 Å². The van der Waals surface area contributed by atoms with Crippen LogP contribution in [0.5, 0.6) is 5.75 Å². The lowest BCUT2D eigenvalue weighted by Crippen LogP contribution is -2.56. The van der Waals surface area contributed by atoms with E-state index in [1.807, 2.05) is 12.1 Å². The lowest BCUT2D eigenvalue weighted by Gasteiger charge is -2.59. The zero-order valence-corrected chi connectivity index (χ0v) is 13.9. The lowest BCUT2D eigenvalue weighted by atomic mass is 9.48. The number of nitrogens with one attached hydrogen (secondary N) is 1. The Morgan fingerprint density at radius 2 is 1.65 bits per heavy atom. The standard InChI is InChI=1S/C20H27NO2/c1-13(21-19(23)9-14-2-4-18(22)5-3-14)20-10-15-6-16(11-20)8-17(7-15)12-20/h2-5,13,15-17,22H,6-12H2,1H3,(H,21,23)/t13-,15?,16?,17?,20?/m0/s1. The Morgan fingerprint density at radius 1 is 1.13 bits per heavy atom. The highest BCUT2D eigenvalue weighted by atomic mass is 16.3. The van der Waals surface area contributed by atoms with Gasteiger partial charge in [-0.2, -0.15) is 0 Å². The fourth-order valence-electron chi connectivity index (χ4n) is 5.95. The number of amides is 1. The SMILES string of the molecule is C[C@H](NC(=O)Cc1ccc(O)cc1)C12CC3CC(CC(C3)C1)C2. The number of hydrogen-bond acceptors (Lipinski definition) is 2. The van der Waals surface area contributed by atoms with E-state index in [1.54, 1.807) is 12.1 Å². The van der Waals surface area contributed by atoms with E-state index in [0.29, 0.717) is 11.8 Å². The minimum atomic E-state index is 0.110. The average Bonchev–Trinajstić information content (AvgIpc) is 2.48. The highest BCUT2D eigenvalue weighted by Crippen LogP contribution is 2.61. The number of benzene rings is 1. The van der Waals surface area contributed by atoms with E-state index in [-0.39, 0.29) is 17.7 Å². The van der Waals surface area contributed by atoms with Gasteiger partial charge in [-0.15, -0.1) is 0 Å². The normalized spacial score (nSPS) is 36.0. The van der Waals surface area contributed by atoms with Gasteiger partial charge in [0.2, 0.25) is 5.91 Å². The van der Waals surface area contributed by atoms with Crippen LogP contribution in [0.1, 0.15) is 51.0 Å². The molecule has 0 spiro atoms. The monoisotopic (exact) mass is 313 g/mol. The van der Waals surface area contributed by atoms with E-state index < -0.39 is 0 Å². The lowest BCUT2D eigenvalue weighted by molar-refractivity contribution is -0.125. The van der Waals surface area contributed by atoms with Crippen LogP contribution in [0.25, 0.3) is 0 Å². The number of aromatic hydroxyl groups is 1. The third-order valence-corrected chi connectivity index (χ3v) is 6.68. The van der Waals surface area contributed by atoms with Gasteiger partial charge in [-0.05, 0) is 86.3 Å². The number of phenolic OH excluding ortho intramolecular Hbond substituents is 1. The largest absolute Gasteiger partial charge is 0.508 e. The van der Waals surface area contributed by atoms with Crippen molar-refractivity contribution in [3.05, 3.63) is 29.8 Å². The molecule has 4 saturated carbocycles. The Hall–Kier alpha value is -1.51. The fourth-order valence-corrected chi connectivity index (χ4v) is 5.95. The first-order valence-electron chi connectivity index (χ1n) is 9.10. The van der Waals surface area contributed by atoms with E-state index >= 15 is 0 Å². The molecule has 4 bridgehead atoms. The van der Waals surface area contributed by atoms with E-state index in [0.717, 1.165) is 23.3 Å². The molecule has 0 aliphatic heterocycles. The van der Waals surface area contributed by atoms with E-state index in [4.69, 9.17) is 0 Å². The smallest absolute Gasteiger partial charge is 0.224 e. The zero-order valence-electron chi connectivity index (χ0n) is 13.9. The minimum absolute atomic E-state index is 0.110. The van der Waals surface area contributed by atoms with Crippen LogP contribution in [-0.4, -0.2) is 17.1 Å². The Kier molecular flexibility index (Phi) is 3.62. The second-order valence-electron chi connectivity index (χ2n) is 8.41. The molecule has 4 fully saturated rings. The van der Waals surface area contributed by atoms with Crippen LogP contribution in [0.3, 0.4) is 0 Å². The van der Waals surface area contributed by atoms with Crippen molar-refractivity contribution in [2.45, 2.75) is 57.9 Å². The number of carbonyl (C=O) groups excluding carboxylic acids is 1. The Morgan fingerprint density at radius 3 is 2.17 bits per heavy atom. The van der Waals surface area contributed by atoms with Gasteiger partial charge in [0.15, 0.2) is 0 Å². The Labute approximate surface area is 138 Å². The van der Waals surface area contributed by atoms with Crippen LogP contribution in [0.2, 0.25) is 0 Å². The fraction of sp³-hybridized carbons (Fsp3) is 0.650. The van der Waals surface area contributed by atoms with Gasteiger partial charge in [0.1, 0.15) is 5.75 Å². The highest BCUT2D eigenvalue weighted by Gasteiger charge is 2.53. The van der Waals surface area contributed by atoms with E-state index in [1.165, 1.54) is 38.5 Å². The van der Waals surface area contributed by atoms with Crippen molar-refractivity contribution in [3.63, 3.8) is 0 Å². The van der Waals surface area contributed by atoms with Crippen molar-refractivity contribution in [2.75, 3.05) is 0 Å². The maximum absolute atomic E-state index is 12.4. The predicted molar refractivity (Wildman–Crippen MR) is 90.0 cm³/mol. The molecule has 0 radical (unpaired) electrons. The van der Waals surface area contributed by atoms with Gasteiger partial charge < -0.3 is 10.4 Å². The second-order valence-corrected chi connectivity index (χ2v) is 8.41. The van der Waals surface area contributed by atoms with Gasteiger partial charge in [0, 0.05) is 6.04 Å². The molecule has 4 aliphatic rings. The summed E-state index contributed by atoms with van der Waals surface area (Å²) in [5.41, 5.74) is 1.32. The minimum Gasteiger partial charge on any atom is -0.508 e. The number of carbonyl (C=O) groups is 1. The molecule has 1 aromatic rings. The molecule has 0 unspecified atom stereocenters. The van der Waals surface area contributed by atoms with Crippen molar-refractivity contribution in [1.82, 2.24) is 5.32 Å². The van der Waals surface area contributed by atoms with Crippen LogP contribution in [0.15, 0.2) is 24.3 Å². The summed E-state index contributed by atoms with van der Waals surface area (Å²) in [4.78, 5) is 12.4. The molecular weight excluding hydrogens is 286 g/mol. The van der Waals surface area contributed by atoms with Crippen LogP contribution in [-0.2, 0) is 11.2 Å². The topological polar surface area (TPSA) is 49.3 Å². The van der Waals surface area contributed by atoms with Gasteiger partial charge in [0.05, 0.1) is 6.42 Å². The van der Waals surface area contributed by atoms with E-state index in [9.17, 15) is 9.90 Å². The highest BCUT2D eigenvalue weighted by molar-refractivity contribution is 5.79. The first-order valence-corrected chi connectivity index (χ1v) is 9.10. The van der Waals surface area contributed by atoms with Crippen LogP contribution >= 0.6 is 0 Å². The molecule has 0 aromatic heterocycles. The average molecular weight is 313 g/mol. The molecule has 1 amide bonds. The molecule has 3 heteroatoms. The first-order chi connectivity index (χ1) is 11.0. The van der Waals surface area contributed by atoms with Gasteiger partial charge in [-0.1, -0.05) is 12.1 Å². The first kappa shape index (κ1) is 15.0.